The molecule has 0 aromatic carbocycles. The van der Waals surface area contributed by atoms with Crippen molar-refractivity contribution in [2.75, 3.05) is 54.4 Å². The molecular weight excluding hydrogens is 662 g/mol. The number of carbonyl (C=O) groups is 3. The number of hydrogen-bond acceptors (Lipinski definition) is 16. The van der Waals surface area contributed by atoms with Gasteiger partial charge in [-0.15, -0.1) is 0 Å². The minimum atomic E-state index is -1.35. The van der Waals surface area contributed by atoms with Crippen LogP contribution < -0.4 is 0 Å². The molecule has 20 nitrogen and oxygen atoms in total. The molecule has 0 amide bonds. The summed E-state index contributed by atoms with van der Waals surface area (Å²) in [5.74, 6) is -1.59. The normalized spacial score (nSPS) is 29.2. The van der Waals surface area contributed by atoms with E-state index in [-0.39, 0.29) is 58.1 Å². The highest BCUT2D eigenvalue weighted by Gasteiger charge is 2.53. The number of esters is 3. The van der Waals surface area contributed by atoms with Gasteiger partial charge in [0.25, 0.3) is 0 Å². The number of ether oxygens (including phenoxy) is 6. The van der Waals surface area contributed by atoms with Gasteiger partial charge in [0.1, 0.15) is 10.8 Å². The molecule has 20 heteroatoms. The Morgan fingerprint density at radius 3 is 1.88 bits per heavy atom. The molecule has 0 aromatic heterocycles. The molecule has 0 spiro atoms. The number of methoxy groups -OCH3 is 3. The first kappa shape index (κ1) is 42.9. The lowest BCUT2D eigenvalue weighted by atomic mass is 9.73. The molecule has 2 N–H and O–H groups in total. The van der Waals surface area contributed by atoms with Crippen LogP contribution in [0.4, 0.5) is 0 Å². The van der Waals surface area contributed by atoms with Crippen LogP contribution in [-0.2, 0) is 42.8 Å². The lowest BCUT2D eigenvalue weighted by molar-refractivity contribution is -0.179. The van der Waals surface area contributed by atoms with Crippen molar-refractivity contribution in [1.29, 1.82) is 15.8 Å². The molecule has 0 saturated carbocycles. The molecular formula is C30H41N9O11. The van der Waals surface area contributed by atoms with Crippen LogP contribution in [0.3, 0.4) is 0 Å². The van der Waals surface area contributed by atoms with E-state index in [0.717, 1.165) is 0 Å². The molecule has 7 atom stereocenters. The highest BCUT2D eigenvalue weighted by atomic mass is 16.5. The van der Waals surface area contributed by atoms with Crippen molar-refractivity contribution in [2.45, 2.75) is 69.2 Å². The fourth-order valence-corrected chi connectivity index (χ4v) is 5.72. The van der Waals surface area contributed by atoms with E-state index in [2.05, 4.69) is 24.8 Å². The SMILES string of the molecule is COC(=O)C1(CCC#N)C=COCC1.COC(=O)C1(CCC#N)COCC(N=[N+]=[N-])C1O.COC(=O)C1(CCC#N)COCC(O)C1N=[N+]=[N-]. The third-order valence-corrected chi connectivity index (χ3v) is 8.51. The molecule has 3 aliphatic rings. The predicted octanol–water partition coefficient (Wildman–Crippen LogP) is 2.42. The Labute approximate surface area is 288 Å². The Balaban J connectivity index is 0.000000378. The standard InChI is InChI=1S/2C10H14N4O4.C10H13NO3/c1-17-9(16)10(3-2-4-11)6-18-5-7(15)8(10)13-14-12;1-17-9(16)10(3-2-4-11)6-18-5-7(8(10)15)13-14-12;1-13-9(12)10(3-2-6-11)4-7-14-8-5-10/h2*7-8,15H,2-3,5-6H2,1H3;4,7H,2-3,5,8H2,1H3. The van der Waals surface area contributed by atoms with Crippen LogP contribution in [0.2, 0.25) is 0 Å². The first-order valence-electron chi connectivity index (χ1n) is 15.2. The highest BCUT2D eigenvalue weighted by Crippen LogP contribution is 2.38. The summed E-state index contributed by atoms with van der Waals surface area (Å²) in [6.07, 6.45) is 2.66. The lowest BCUT2D eigenvalue weighted by Gasteiger charge is -2.41. The molecule has 2 saturated heterocycles. The van der Waals surface area contributed by atoms with Crippen molar-refractivity contribution in [1.82, 2.24) is 0 Å². The van der Waals surface area contributed by atoms with Crippen LogP contribution >= 0.6 is 0 Å². The molecule has 2 fully saturated rings. The first-order valence-corrected chi connectivity index (χ1v) is 15.2. The van der Waals surface area contributed by atoms with Gasteiger partial charge in [-0.3, -0.25) is 14.4 Å². The van der Waals surface area contributed by atoms with Crippen LogP contribution in [0.5, 0.6) is 0 Å². The van der Waals surface area contributed by atoms with Gasteiger partial charge in [0.05, 0.1) is 109 Å². The van der Waals surface area contributed by atoms with Crippen LogP contribution in [0.25, 0.3) is 20.9 Å². The number of nitrogens with zero attached hydrogens (tertiary/aromatic N) is 9. The monoisotopic (exact) mass is 703 g/mol. The van der Waals surface area contributed by atoms with E-state index in [4.69, 9.17) is 50.5 Å². The fourth-order valence-electron chi connectivity index (χ4n) is 5.72. The average molecular weight is 704 g/mol. The molecule has 7 unspecified atom stereocenters. The molecule has 3 heterocycles. The van der Waals surface area contributed by atoms with Gasteiger partial charge in [-0.2, -0.15) is 15.8 Å². The molecule has 3 aliphatic heterocycles. The Bertz CT molecular complexity index is 1410. The van der Waals surface area contributed by atoms with E-state index in [1.165, 1.54) is 27.6 Å². The van der Waals surface area contributed by atoms with Crippen molar-refractivity contribution < 1.29 is 53.0 Å². The molecule has 0 aromatic rings. The maximum Gasteiger partial charge on any atom is 0.316 e. The van der Waals surface area contributed by atoms with Gasteiger partial charge in [-0.1, -0.05) is 10.2 Å². The van der Waals surface area contributed by atoms with E-state index in [9.17, 15) is 24.6 Å². The van der Waals surface area contributed by atoms with E-state index >= 15 is 0 Å². The second-order valence-electron chi connectivity index (χ2n) is 11.3. The molecule has 50 heavy (non-hydrogen) atoms. The zero-order chi connectivity index (χ0) is 37.6. The van der Waals surface area contributed by atoms with Gasteiger partial charge in [-0.05, 0) is 36.4 Å². The van der Waals surface area contributed by atoms with Gasteiger partial charge >= 0.3 is 17.9 Å². The van der Waals surface area contributed by atoms with Crippen LogP contribution in [0.15, 0.2) is 22.6 Å². The second kappa shape index (κ2) is 21.8. The summed E-state index contributed by atoms with van der Waals surface area (Å²) in [7, 11) is 3.75. The summed E-state index contributed by atoms with van der Waals surface area (Å²) < 4.78 is 29.5. The number of hydrogen-bond donors (Lipinski definition) is 2. The maximum atomic E-state index is 11.9. The second-order valence-corrected chi connectivity index (χ2v) is 11.3. The number of carbonyl (C=O) groups excluding carboxylic acids is 3. The minimum Gasteiger partial charge on any atom is -0.501 e. The van der Waals surface area contributed by atoms with Crippen molar-refractivity contribution in [3.05, 3.63) is 33.2 Å². The first-order chi connectivity index (χ1) is 24.0. The highest BCUT2D eigenvalue weighted by molar-refractivity contribution is 5.79. The predicted molar refractivity (Wildman–Crippen MR) is 167 cm³/mol. The fraction of sp³-hybridized carbons (Fsp3) is 0.733. The summed E-state index contributed by atoms with van der Waals surface area (Å²) in [6.45, 7) is 0.421. The average Bonchev–Trinajstić information content (AvgIpc) is 3.14. The third kappa shape index (κ3) is 10.7. The van der Waals surface area contributed by atoms with E-state index < -0.39 is 52.5 Å². The van der Waals surface area contributed by atoms with Crippen LogP contribution in [0, 0.1) is 50.2 Å². The number of azide groups is 2. The number of aliphatic hydroxyl groups excluding tert-OH is 2. The minimum absolute atomic E-state index is 0.0189. The van der Waals surface area contributed by atoms with Crippen LogP contribution in [0.1, 0.15) is 44.9 Å². The summed E-state index contributed by atoms with van der Waals surface area (Å²) in [6, 6.07) is 4.01. The summed E-state index contributed by atoms with van der Waals surface area (Å²) in [5.41, 5.74) is 13.6. The molecule has 0 bridgehead atoms. The maximum absolute atomic E-state index is 11.9. The van der Waals surface area contributed by atoms with Crippen molar-refractivity contribution in [3.63, 3.8) is 0 Å². The number of aliphatic hydroxyl groups is 2. The van der Waals surface area contributed by atoms with E-state index in [1.54, 1.807) is 6.08 Å². The van der Waals surface area contributed by atoms with E-state index in [1.807, 2.05) is 18.2 Å². The van der Waals surface area contributed by atoms with Gasteiger partial charge in [0.15, 0.2) is 0 Å². The molecule has 272 valence electrons. The Hall–Kier alpha value is -5.12. The van der Waals surface area contributed by atoms with Gasteiger partial charge < -0.3 is 38.6 Å². The number of nitriles is 3. The van der Waals surface area contributed by atoms with Gasteiger partial charge in [0, 0.05) is 35.5 Å². The van der Waals surface area contributed by atoms with E-state index in [0.29, 0.717) is 25.9 Å². The Morgan fingerprint density at radius 2 is 1.36 bits per heavy atom. The Kier molecular flexibility index (Phi) is 18.7. The zero-order valence-corrected chi connectivity index (χ0v) is 28.0. The summed E-state index contributed by atoms with van der Waals surface area (Å²) in [5, 5.41) is 52.6. The lowest BCUT2D eigenvalue weighted by Crippen LogP contribution is -2.56. The number of rotatable bonds is 11. The smallest absolute Gasteiger partial charge is 0.316 e. The Morgan fingerprint density at radius 1 is 0.840 bits per heavy atom. The van der Waals surface area contributed by atoms with Crippen LogP contribution in [-0.4, -0.2) is 107 Å². The van der Waals surface area contributed by atoms with Gasteiger partial charge in [-0.25, -0.2) is 0 Å². The molecule has 3 rings (SSSR count). The van der Waals surface area contributed by atoms with Gasteiger partial charge in [0.2, 0.25) is 0 Å². The van der Waals surface area contributed by atoms with Crippen molar-refractivity contribution >= 4 is 17.9 Å². The van der Waals surface area contributed by atoms with Crippen molar-refractivity contribution in [2.24, 2.45) is 26.5 Å². The largest absolute Gasteiger partial charge is 0.501 e. The molecule has 0 aliphatic carbocycles. The summed E-state index contributed by atoms with van der Waals surface area (Å²) in [4.78, 5) is 40.6. The molecule has 0 radical (unpaired) electrons. The zero-order valence-electron chi connectivity index (χ0n) is 28.0. The quantitative estimate of drug-likeness (QED) is 0.103. The summed E-state index contributed by atoms with van der Waals surface area (Å²) >= 11 is 0. The van der Waals surface area contributed by atoms with Crippen molar-refractivity contribution in [3.8, 4) is 18.2 Å². The topological polar surface area (TPSA) is 316 Å². The third-order valence-electron chi connectivity index (χ3n) is 8.51.